The van der Waals surface area contributed by atoms with E-state index in [1.807, 2.05) is 12.1 Å². The molecule has 3 rings (SSSR count). The Morgan fingerprint density at radius 2 is 2.37 bits per heavy atom. The maximum absolute atomic E-state index is 4.47. The van der Waals surface area contributed by atoms with Crippen molar-refractivity contribution >= 4 is 11.5 Å². The quantitative estimate of drug-likeness (QED) is 0.790. The van der Waals surface area contributed by atoms with Crippen LogP contribution in [0.25, 0.3) is 5.65 Å². The molecule has 2 aromatic rings. The van der Waals surface area contributed by atoms with E-state index in [-0.39, 0.29) is 0 Å². The minimum atomic E-state index is 0.521. The molecule has 0 aliphatic carbocycles. The van der Waals surface area contributed by atoms with Crippen molar-refractivity contribution in [2.24, 2.45) is 0 Å². The largest absolute Gasteiger partial charge is 0.351 e. The summed E-state index contributed by atoms with van der Waals surface area (Å²) in [5.41, 5.74) is 0.684. The first-order valence-corrected chi connectivity index (χ1v) is 6.91. The lowest BCUT2D eigenvalue weighted by Gasteiger charge is -2.25. The van der Waals surface area contributed by atoms with Gasteiger partial charge in [-0.3, -0.25) is 0 Å². The smallest absolute Gasteiger partial charge is 0.200 e. The third-order valence-corrected chi connectivity index (χ3v) is 3.53. The molecule has 0 saturated carbocycles. The lowest BCUT2D eigenvalue weighted by molar-refractivity contribution is 0.565. The number of hydrogen-bond donors (Lipinski definition) is 1. The van der Waals surface area contributed by atoms with Gasteiger partial charge in [-0.2, -0.15) is 0 Å². The van der Waals surface area contributed by atoms with Gasteiger partial charge in [0.25, 0.3) is 0 Å². The number of hydrogen-bond acceptors (Lipinski definition) is 6. The zero-order chi connectivity index (χ0) is 13.1. The highest BCUT2D eigenvalue weighted by atomic mass is 15.6. The molecule has 7 nitrogen and oxygen atoms in total. The Hall–Kier alpha value is -1.76. The second-order valence-corrected chi connectivity index (χ2v) is 4.91. The maximum atomic E-state index is 4.47. The molecular weight excluding hydrogens is 242 g/mol. The van der Waals surface area contributed by atoms with Gasteiger partial charge in [-0.05, 0) is 48.4 Å². The molecule has 7 heteroatoms. The Kier molecular flexibility index (Phi) is 3.54. The minimum absolute atomic E-state index is 0.521. The molecule has 2 aromatic heterocycles. The third kappa shape index (κ3) is 2.51. The highest BCUT2D eigenvalue weighted by Crippen LogP contribution is 2.23. The van der Waals surface area contributed by atoms with Crippen molar-refractivity contribution in [3.8, 4) is 0 Å². The minimum Gasteiger partial charge on any atom is -0.351 e. The standard InChI is InChI=1S/C12H19N7/c1-2-7-13-9-10-4-3-8-18(10)12-6-5-11-14-16-17-19(11)15-12/h5-6,10,13H,2-4,7-9H2,1H3. The van der Waals surface area contributed by atoms with Crippen molar-refractivity contribution in [1.29, 1.82) is 0 Å². The van der Waals surface area contributed by atoms with Crippen LogP contribution in [0.2, 0.25) is 0 Å². The summed E-state index contributed by atoms with van der Waals surface area (Å²) in [6.45, 7) is 5.33. The molecule has 1 saturated heterocycles. The first kappa shape index (κ1) is 12.3. The van der Waals surface area contributed by atoms with Gasteiger partial charge >= 0.3 is 0 Å². The van der Waals surface area contributed by atoms with Gasteiger partial charge in [0, 0.05) is 19.1 Å². The average molecular weight is 261 g/mol. The fourth-order valence-electron chi connectivity index (χ4n) is 2.59. The van der Waals surface area contributed by atoms with E-state index in [0.717, 1.165) is 25.5 Å². The maximum Gasteiger partial charge on any atom is 0.200 e. The van der Waals surface area contributed by atoms with Gasteiger partial charge in [-0.25, -0.2) is 0 Å². The van der Waals surface area contributed by atoms with Gasteiger partial charge in [-0.15, -0.1) is 14.8 Å². The molecule has 1 unspecified atom stereocenters. The van der Waals surface area contributed by atoms with Crippen molar-refractivity contribution in [2.75, 3.05) is 24.5 Å². The Labute approximate surface area is 112 Å². The molecule has 3 heterocycles. The van der Waals surface area contributed by atoms with Crippen LogP contribution in [0.1, 0.15) is 26.2 Å². The van der Waals surface area contributed by atoms with E-state index in [0.29, 0.717) is 11.7 Å². The van der Waals surface area contributed by atoms with Gasteiger partial charge in [0.2, 0.25) is 0 Å². The summed E-state index contributed by atoms with van der Waals surface area (Å²) in [5, 5.41) is 19.3. The monoisotopic (exact) mass is 261 g/mol. The Balaban J connectivity index is 1.75. The average Bonchev–Trinajstić information content (AvgIpc) is 3.06. The predicted octanol–water partition coefficient (Wildman–Crippen LogP) is 0.488. The molecule has 19 heavy (non-hydrogen) atoms. The van der Waals surface area contributed by atoms with E-state index in [4.69, 9.17) is 0 Å². The van der Waals surface area contributed by atoms with Crippen molar-refractivity contribution < 1.29 is 0 Å². The predicted molar refractivity (Wildman–Crippen MR) is 72.1 cm³/mol. The van der Waals surface area contributed by atoms with Crippen LogP contribution in [-0.2, 0) is 0 Å². The lowest BCUT2D eigenvalue weighted by Crippen LogP contribution is -2.38. The van der Waals surface area contributed by atoms with Crippen molar-refractivity contribution in [3.63, 3.8) is 0 Å². The normalized spacial score (nSPS) is 19.4. The molecule has 0 radical (unpaired) electrons. The number of nitrogens with zero attached hydrogens (tertiary/aromatic N) is 6. The van der Waals surface area contributed by atoms with Crippen LogP contribution >= 0.6 is 0 Å². The zero-order valence-electron chi connectivity index (χ0n) is 11.2. The molecule has 1 atom stereocenters. The highest BCUT2D eigenvalue weighted by molar-refractivity contribution is 5.45. The fraction of sp³-hybridized carbons (Fsp3) is 0.667. The summed E-state index contributed by atoms with van der Waals surface area (Å²) in [6, 6.07) is 4.44. The van der Waals surface area contributed by atoms with Crippen LogP contribution in [0, 0.1) is 0 Å². The van der Waals surface area contributed by atoms with Gasteiger partial charge in [-0.1, -0.05) is 6.92 Å². The molecule has 1 N–H and O–H groups in total. The van der Waals surface area contributed by atoms with Crippen molar-refractivity contribution in [1.82, 2.24) is 30.6 Å². The van der Waals surface area contributed by atoms with Crippen LogP contribution < -0.4 is 10.2 Å². The number of anilines is 1. The fourth-order valence-corrected chi connectivity index (χ4v) is 2.59. The molecule has 102 valence electrons. The van der Waals surface area contributed by atoms with Crippen LogP contribution in [0.5, 0.6) is 0 Å². The molecule has 1 aliphatic rings. The van der Waals surface area contributed by atoms with Crippen LogP contribution in [0.15, 0.2) is 12.1 Å². The lowest BCUT2D eigenvalue weighted by atomic mass is 10.2. The Bertz CT molecular complexity index is 538. The van der Waals surface area contributed by atoms with Gasteiger partial charge in [0.15, 0.2) is 11.5 Å². The number of rotatable bonds is 5. The second kappa shape index (κ2) is 5.48. The molecular formula is C12H19N7. The number of nitrogens with one attached hydrogen (secondary N) is 1. The Morgan fingerprint density at radius 3 is 3.26 bits per heavy atom. The third-order valence-electron chi connectivity index (χ3n) is 3.53. The second-order valence-electron chi connectivity index (χ2n) is 4.91. The summed E-state index contributed by atoms with van der Waals surface area (Å²) in [5.74, 6) is 0.959. The zero-order valence-corrected chi connectivity index (χ0v) is 11.2. The highest BCUT2D eigenvalue weighted by Gasteiger charge is 2.25. The van der Waals surface area contributed by atoms with Crippen molar-refractivity contribution in [2.45, 2.75) is 32.2 Å². The SMILES string of the molecule is CCCNCC1CCCN1c1ccc2nnnn2n1. The summed E-state index contributed by atoms with van der Waals surface area (Å²) in [6.07, 6.45) is 3.60. The first-order chi connectivity index (χ1) is 9.38. The van der Waals surface area contributed by atoms with Crippen LogP contribution in [-0.4, -0.2) is 50.9 Å². The molecule has 0 spiro atoms. The molecule has 1 aliphatic heterocycles. The van der Waals surface area contributed by atoms with Crippen LogP contribution in [0.3, 0.4) is 0 Å². The van der Waals surface area contributed by atoms with E-state index in [9.17, 15) is 0 Å². The number of tetrazole rings is 1. The van der Waals surface area contributed by atoms with Gasteiger partial charge in [0.1, 0.15) is 0 Å². The van der Waals surface area contributed by atoms with E-state index < -0.39 is 0 Å². The molecule has 0 bridgehead atoms. The molecule has 0 amide bonds. The Morgan fingerprint density at radius 1 is 1.42 bits per heavy atom. The van der Waals surface area contributed by atoms with Gasteiger partial charge < -0.3 is 10.2 Å². The molecule has 0 aromatic carbocycles. The summed E-state index contributed by atoms with van der Waals surface area (Å²) < 4.78 is 1.49. The van der Waals surface area contributed by atoms with Gasteiger partial charge in [0.05, 0.1) is 0 Å². The number of fused-ring (bicyclic) bond motifs is 1. The summed E-state index contributed by atoms with van der Waals surface area (Å²) >= 11 is 0. The summed E-state index contributed by atoms with van der Waals surface area (Å²) in [7, 11) is 0. The van der Waals surface area contributed by atoms with Crippen LogP contribution in [0.4, 0.5) is 5.82 Å². The summed E-state index contributed by atoms with van der Waals surface area (Å²) in [4.78, 5) is 2.35. The number of aromatic nitrogens is 5. The van der Waals surface area contributed by atoms with E-state index in [1.165, 1.54) is 23.9 Å². The topological polar surface area (TPSA) is 71.2 Å². The van der Waals surface area contributed by atoms with E-state index in [1.54, 1.807) is 0 Å². The van der Waals surface area contributed by atoms with Crippen molar-refractivity contribution in [3.05, 3.63) is 12.1 Å². The van der Waals surface area contributed by atoms with E-state index >= 15 is 0 Å². The molecule has 1 fully saturated rings. The van der Waals surface area contributed by atoms with E-state index in [2.05, 4.69) is 37.8 Å². The first-order valence-electron chi connectivity index (χ1n) is 6.91.